The topological polar surface area (TPSA) is 369 Å². The molecule has 4 saturated heterocycles. The fraction of sp³-hybridized carbons (Fsp3) is 1.00. The number of ether oxygens (including phenoxy) is 8. The zero-order valence-corrected chi connectivity index (χ0v) is 41.5. The summed E-state index contributed by atoms with van der Waals surface area (Å²) >= 11 is 0. The number of hydrogen-bond acceptors (Lipinski definition) is 22. The maximum absolute atomic E-state index is 11.6. The second-order valence-electron chi connectivity index (χ2n) is 20.1. The number of hydrogen-bond donors (Lipinski definition) is 14. The van der Waals surface area contributed by atoms with Crippen LogP contribution in [0.4, 0.5) is 0 Å². The highest BCUT2D eigenvalue weighted by atomic mass is 16.7. The van der Waals surface area contributed by atoms with Gasteiger partial charge in [-0.3, -0.25) is 0 Å². The highest BCUT2D eigenvalue weighted by Crippen LogP contribution is 2.38. The first kappa shape index (κ1) is 61.7. The van der Waals surface area contributed by atoms with Gasteiger partial charge in [-0.2, -0.15) is 0 Å². The summed E-state index contributed by atoms with van der Waals surface area (Å²) in [5.74, 6) is 0. The lowest BCUT2D eigenvalue weighted by Crippen LogP contribution is -2.67. The van der Waals surface area contributed by atoms with Crippen molar-refractivity contribution in [1.82, 2.24) is 0 Å². The highest BCUT2D eigenvalue weighted by Gasteiger charge is 2.52. The van der Waals surface area contributed by atoms with Crippen LogP contribution in [0.2, 0.25) is 0 Å². The van der Waals surface area contributed by atoms with Gasteiger partial charge >= 0.3 is 0 Å². The Hall–Kier alpha value is -0.880. The van der Waals surface area contributed by atoms with Gasteiger partial charge in [0.2, 0.25) is 0 Å². The van der Waals surface area contributed by atoms with Gasteiger partial charge in [0.25, 0.3) is 0 Å². The van der Waals surface area contributed by atoms with Crippen LogP contribution in [0.3, 0.4) is 0 Å². The number of aliphatic hydroxyl groups excluding tert-OH is 12. The first-order valence-corrected chi connectivity index (χ1v) is 26.2. The molecule has 0 saturated carbocycles. The van der Waals surface area contributed by atoms with Crippen LogP contribution in [0.5, 0.6) is 0 Å². The second-order valence-corrected chi connectivity index (χ2v) is 20.1. The lowest BCUT2D eigenvalue weighted by molar-refractivity contribution is -0.344. The average molecular weight is 1020 g/mol. The predicted octanol–water partition coefficient (Wildman–Crippen LogP) is -1.36. The maximum Gasteiger partial charge on any atom is 0.187 e. The Morgan fingerprint density at radius 1 is 0.443 bits per heavy atom. The summed E-state index contributed by atoms with van der Waals surface area (Å²) in [6, 6.07) is -1.22. The van der Waals surface area contributed by atoms with Crippen LogP contribution in [0.25, 0.3) is 0 Å². The summed E-state index contributed by atoms with van der Waals surface area (Å²) < 4.78 is 48.2. The Morgan fingerprint density at radius 3 is 1.29 bits per heavy atom. The fourth-order valence-corrected chi connectivity index (χ4v) is 9.93. The first-order chi connectivity index (χ1) is 33.6. The van der Waals surface area contributed by atoms with Crippen LogP contribution in [-0.4, -0.2) is 224 Å². The van der Waals surface area contributed by atoms with Gasteiger partial charge < -0.3 is 111 Å². The van der Waals surface area contributed by atoms with E-state index in [1.165, 1.54) is 25.7 Å². The molecule has 22 heteroatoms. The van der Waals surface area contributed by atoms with E-state index in [0.717, 1.165) is 77.0 Å². The van der Waals surface area contributed by atoms with E-state index in [1.54, 1.807) is 0 Å². The molecular weight excluding hydrogens is 925 g/mol. The van der Waals surface area contributed by atoms with Gasteiger partial charge in [-0.25, -0.2) is 0 Å². The largest absolute Gasteiger partial charge is 0.394 e. The standard InChI is InChI=1S/C48H92N2O20/c1-3-5-7-9-11-13-15-17-19-48(20-18-16-14-12-10-8-6-4-2,27-64-45-37(58)34(50)43(30(22-49)65-45)70-47-41(62)39(60)36(57)32(24-52)67-47)26-63-44-29(55)21-28(54)42(33(25-53)68-44)69-46-40(61)38(59)35(56)31(23-51)66-46/h28-47,51-62H,3-27,49-50H2,1-2H3/t28?,29?,30-,31?,32?,33?,34?,35-,36-,37?,38?,39+,40?,41?,42+,43-,44-,45-,46-,47-/m1/s1. The van der Waals surface area contributed by atoms with Crippen LogP contribution in [0, 0.1) is 5.41 Å². The normalized spacial score (nSPS) is 38.7. The molecular formula is C48H92N2O20. The summed E-state index contributed by atoms with van der Waals surface area (Å²) in [6.07, 6.45) is -10.6. The van der Waals surface area contributed by atoms with Crippen molar-refractivity contribution in [2.24, 2.45) is 16.9 Å². The molecule has 0 bridgehead atoms. The van der Waals surface area contributed by atoms with Crippen LogP contribution in [0.15, 0.2) is 0 Å². The van der Waals surface area contributed by atoms with Crippen molar-refractivity contribution >= 4 is 0 Å². The molecule has 70 heavy (non-hydrogen) atoms. The van der Waals surface area contributed by atoms with E-state index in [2.05, 4.69) is 13.8 Å². The minimum atomic E-state index is -1.81. The lowest BCUT2D eigenvalue weighted by atomic mass is 9.79. The van der Waals surface area contributed by atoms with E-state index < -0.39 is 148 Å². The monoisotopic (exact) mass is 1020 g/mol. The molecule has 0 aromatic heterocycles. The number of unbranched alkanes of at least 4 members (excludes halogenated alkanes) is 14. The summed E-state index contributed by atoms with van der Waals surface area (Å²) in [4.78, 5) is 0. The molecule has 20 atom stereocenters. The van der Waals surface area contributed by atoms with Gasteiger partial charge in [0.05, 0.1) is 45.2 Å². The summed E-state index contributed by atoms with van der Waals surface area (Å²) in [5.41, 5.74) is 12.0. The maximum atomic E-state index is 11.6. The molecule has 16 N–H and O–H groups in total. The molecule has 0 amide bonds. The fourth-order valence-electron chi connectivity index (χ4n) is 9.93. The molecule has 22 nitrogen and oxygen atoms in total. The molecule has 0 aliphatic carbocycles. The number of rotatable bonds is 32. The molecule has 414 valence electrons. The number of aliphatic hydroxyl groups is 12. The minimum absolute atomic E-state index is 0.0261. The Kier molecular flexibility index (Phi) is 28.1. The zero-order valence-electron chi connectivity index (χ0n) is 41.5. The van der Waals surface area contributed by atoms with Gasteiger partial charge in [0.15, 0.2) is 25.2 Å². The van der Waals surface area contributed by atoms with Crippen LogP contribution < -0.4 is 11.5 Å². The molecule has 4 heterocycles. The Balaban J connectivity index is 1.56. The van der Waals surface area contributed by atoms with Crippen molar-refractivity contribution < 1.29 is 99.2 Å². The van der Waals surface area contributed by atoms with Crippen LogP contribution >= 0.6 is 0 Å². The van der Waals surface area contributed by atoms with Gasteiger partial charge in [-0.1, -0.05) is 117 Å². The smallest absolute Gasteiger partial charge is 0.187 e. The quantitative estimate of drug-likeness (QED) is 0.0346. The van der Waals surface area contributed by atoms with Crippen molar-refractivity contribution in [2.75, 3.05) is 39.6 Å². The van der Waals surface area contributed by atoms with Crippen molar-refractivity contribution in [1.29, 1.82) is 0 Å². The van der Waals surface area contributed by atoms with Gasteiger partial charge in [-0.05, 0) is 12.8 Å². The van der Waals surface area contributed by atoms with Crippen LogP contribution in [0.1, 0.15) is 136 Å². The molecule has 0 aromatic carbocycles. The zero-order chi connectivity index (χ0) is 51.4. The van der Waals surface area contributed by atoms with Crippen molar-refractivity contribution in [3.8, 4) is 0 Å². The molecule has 0 aromatic rings. The van der Waals surface area contributed by atoms with E-state index in [4.69, 9.17) is 49.4 Å². The third-order valence-corrected chi connectivity index (χ3v) is 14.5. The summed E-state index contributed by atoms with van der Waals surface area (Å²) in [5, 5.41) is 127. The van der Waals surface area contributed by atoms with Gasteiger partial charge in [0, 0.05) is 18.4 Å². The molecule has 4 rings (SSSR count). The highest BCUT2D eigenvalue weighted by molar-refractivity contribution is 4.97. The van der Waals surface area contributed by atoms with Gasteiger partial charge in [0.1, 0.15) is 85.5 Å². The third-order valence-electron chi connectivity index (χ3n) is 14.5. The molecule has 0 radical (unpaired) electrons. The average Bonchev–Trinajstić information content (AvgIpc) is 3.47. The predicted molar refractivity (Wildman–Crippen MR) is 250 cm³/mol. The Bertz CT molecular complexity index is 1360. The van der Waals surface area contributed by atoms with Crippen LogP contribution in [-0.2, 0) is 37.9 Å². The van der Waals surface area contributed by atoms with Crippen molar-refractivity contribution in [3.63, 3.8) is 0 Å². The lowest BCUT2D eigenvalue weighted by Gasteiger charge is -2.47. The van der Waals surface area contributed by atoms with Crippen molar-refractivity contribution in [3.05, 3.63) is 0 Å². The molecule has 4 aliphatic rings. The summed E-state index contributed by atoms with van der Waals surface area (Å²) in [7, 11) is 0. The SMILES string of the molecule is CCCCCCCCCCC(CCCCCCCCCC)(CO[C@@H]1OC(CO)[C@@H](O[C@H]2OC(CO)[C@@H](O)C(O)C2O)C(O)CC1O)CO[C@@H]1O[C@H](CN)[C@@H](O[C@H]2OC(CO)[C@@H](O)[C@H](O)C2O)C(N)C1O. The van der Waals surface area contributed by atoms with E-state index in [9.17, 15) is 61.3 Å². The molecule has 4 fully saturated rings. The molecule has 0 spiro atoms. The second kappa shape index (κ2) is 31.9. The van der Waals surface area contributed by atoms with E-state index in [-0.39, 0.29) is 26.2 Å². The van der Waals surface area contributed by atoms with Gasteiger partial charge in [-0.15, -0.1) is 0 Å². The molecule has 10 unspecified atom stereocenters. The van der Waals surface area contributed by atoms with Crippen molar-refractivity contribution in [2.45, 2.75) is 259 Å². The Morgan fingerprint density at radius 2 is 0.843 bits per heavy atom. The number of nitrogens with two attached hydrogens (primary N) is 2. The molecule has 4 aliphatic heterocycles. The first-order valence-electron chi connectivity index (χ1n) is 26.2. The minimum Gasteiger partial charge on any atom is -0.394 e. The Labute approximate surface area is 413 Å². The van der Waals surface area contributed by atoms with E-state index in [1.807, 2.05) is 0 Å². The van der Waals surface area contributed by atoms with E-state index >= 15 is 0 Å². The third kappa shape index (κ3) is 17.6. The van der Waals surface area contributed by atoms with E-state index in [0.29, 0.717) is 12.8 Å². The summed E-state index contributed by atoms with van der Waals surface area (Å²) in [6.45, 7) is 1.96.